The third kappa shape index (κ3) is 2.31. The Morgan fingerprint density at radius 2 is 2.33 bits per heavy atom. The van der Waals surface area contributed by atoms with Crippen LogP contribution in [-0.2, 0) is 19.5 Å². The second-order valence-corrected chi connectivity index (χ2v) is 7.61. The Balaban J connectivity index is 1.56. The zero-order valence-corrected chi connectivity index (χ0v) is 14.3. The molecule has 5 heterocycles. The van der Waals surface area contributed by atoms with Crippen LogP contribution >= 0.6 is 11.3 Å². The molecule has 1 fully saturated rings. The van der Waals surface area contributed by atoms with Crippen LogP contribution in [0.5, 0.6) is 0 Å². The number of thiophene rings is 1. The molecule has 5 rings (SSSR count). The lowest BCUT2D eigenvalue weighted by Gasteiger charge is -2.27. The van der Waals surface area contributed by atoms with Crippen molar-refractivity contribution in [3.8, 4) is 0 Å². The first-order chi connectivity index (χ1) is 11.9. The Hall–Kier alpha value is -1.99. The van der Waals surface area contributed by atoms with Gasteiger partial charge in [-0.25, -0.2) is 9.97 Å². The molecular weight excluding hydrogens is 320 g/mol. The Morgan fingerprint density at radius 1 is 1.33 bits per heavy atom. The number of rotatable bonds is 3. The second kappa shape index (κ2) is 5.82. The van der Waals surface area contributed by atoms with Crippen LogP contribution in [0.4, 0.5) is 5.82 Å². The molecule has 0 aromatic carbocycles. The van der Waals surface area contributed by atoms with Crippen molar-refractivity contribution in [1.29, 1.82) is 0 Å². The molecule has 1 N–H and O–H groups in total. The van der Waals surface area contributed by atoms with E-state index in [9.17, 15) is 0 Å². The van der Waals surface area contributed by atoms with Gasteiger partial charge < -0.3 is 10.2 Å². The summed E-state index contributed by atoms with van der Waals surface area (Å²) in [5.41, 5.74) is 1.47. The minimum absolute atomic E-state index is 0.459. The van der Waals surface area contributed by atoms with Crippen molar-refractivity contribution in [3.05, 3.63) is 35.2 Å². The topological polar surface area (TPSA) is 58.9 Å². The highest BCUT2D eigenvalue weighted by molar-refractivity contribution is 7.19. The molecule has 3 aromatic heterocycles. The maximum atomic E-state index is 4.72. The smallest absolute Gasteiger partial charge is 0.141 e. The average Bonchev–Trinajstić information content (AvgIpc) is 3.34. The van der Waals surface area contributed by atoms with E-state index in [-0.39, 0.29) is 0 Å². The van der Waals surface area contributed by atoms with E-state index in [4.69, 9.17) is 4.98 Å². The van der Waals surface area contributed by atoms with Gasteiger partial charge in [-0.3, -0.25) is 4.68 Å². The van der Waals surface area contributed by atoms with Crippen LogP contribution < -0.4 is 10.2 Å². The quantitative estimate of drug-likeness (QED) is 0.792. The molecule has 2 aliphatic rings. The number of hydrogen-bond acceptors (Lipinski definition) is 6. The first kappa shape index (κ1) is 14.4. The van der Waals surface area contributed by atoms with Crippen LogP contribution in [0.3, 0.4) is 0 Å². The summed E-state index contributed by atoms with van der Waals surface area (Å²) < 4.78 is 2.04. The van der Waals surface area contributed by atoms with Crippen LogP contribution in [0.1, 0.15) is 23.3 Å². The molecule has 1 atom stereocenters. The van der Waals surface area contributed by atoms with Crippen molar-refractivity contribution in [2.24, 2.45) is 0 Å². The minimum atomic E-state index is 0.459. The lowest BCUT2D eigenvalue weighted by molar-refractivity contribution is 0.508. The molecule has 0 amide bonds. The van der Waals surface area contributed by atoms with Gasteiger partial charge in [0.1, 0.15) is 17.0 Å². The minimum Gasteiger partial charge on any atom is -0.351 e. The van der Waals surface area contributed by atoms with Crippen molar-refractivity contribution in [2.45, 2.75) is 38.4 Å². The summed E-state index contributed by atoms with van der Waals surface area (Å²) in [7, 11) is 0. The van der Waals surface area contributed by atoms with Crippen molar-refractivity contribution in [2.75, 3.05) is 18.0 Å². The fourth-order valence-electron chi connectivity index (χ4n) is 3.99. The Morgan fingerprint density at radius 3 is 3.25 bits per heavy atom. The highest BCUT2D eigenvalue weighted by Gasteiger charge is 2.30. The molecule has 0 spiro atoms. The lowest BCUT2D eigenvalue weighted by Crippen LogP contribution is -2.34. The van der Waals surface area contributed by atoms with E-state index in [1.165, 1.54) is 28.7 Å². The predicted octanol–water partition coefficient (Wildman–Crippen LogP) is 2.20. The highest BCUT2D eigenvalue weighted by atomic mass is 32.1. The van der Waals surface area contributed by atoms with Crippen molar-refractivity contribution in [3.63, 3.8) is 0 Å². The molecule has 0 saturated carbocycles. The van der Waals surface area contributed by atoms with E-state index in [0.717, 1.165) is 43.2 Å². The molecule has 2 aliphatic heterocycles. The van der Waals surface area contributed by atoms with Crippen LogP contribution in [0.25, 0.3) is 10.2 Å². The summed E-state index contributed by atoms with van der Waals surface area (Å²) >= 11 is 1.82. The normalized spacial score (nSPS) is 20.7. The lowest BCUT2D eigenvalue weighted by atomic mass is 10.1. The average molecular weight is 340 g/mol. The van der Waals surface area contributed by atoms with Crippen LogP contribution in [-0.4, -0.2) is 38.9 Å². The van der Waals surface area contributed by atoms with Gasteiger partial charge in [-0.05, 0) is 37.4 Å². The molecule has 3 aromatic rings. The fraction of sp³-hybridized carbons (Fsp3) is 0.471. The Labute approximate surface area is 144 Å². The Bertz CT molecular complexity index is 855. The van der Waals surface area contributed by atoms with Crippen LogP contribution in [0.15, 0.2) is 24.8 Å². The number of fused-ring (bicyclic) bond motifs is 3. The van der Waals surface area contributed by atoms with Gasteiger partial charge in [0.25, 0.3) is 0 Å². The molecule has 1 saturated heterocycles. The SMILES string of the molecule is c1cnn(C[C@@H]2CCCN2c2ncnc3sc4c(c23)CCNC4)c1. The van der Waals surface area contributed by atoms with Crippen molar-refractivity contribution >= 4 is 27.4 Å². The van der Waals surface area contributed by atoms with Gasteiger partial charge >= 0.3 is 0 Å². The summed E-state index contributed by atoms with van der Waals surface area (Å²) in [4.78, 5) is 14.3. The highest BCUT2D eigenvalue weighted by Crippen LogP contribution is 2.39. The molecule has 124 valence electrons. The largest absolute Gasteiger partial charge is 0.351 e. The summed E-state index contributed by atoms with van der Waals surface area (Å²) in [5, 5.41) is 9.15. The zero-order chi connectivity index (χ0) is 15.9. The third-order valence-corrected chi connectivity index (χ3v) is 6.23. The fourth-order valence-corrected chi connectivity index (χ4v) is 5.14. The molecule has 7 heteroatoms. The molecular formula is C17H20N6S. The third-order valence-electron chi connectivity index (χ3n) is 5.09. The number of hydrogen-bond donors (Lipinski definition) is 1. The van der Waals surface area contributed by atoms with E-state index < -0.39 is 0 Å². The van der Waals surface area contributed by atoms with Crippen molar-refractivity contribution in [1.82, 2.24) is 25.1 Å². The zero-order valence-electron chi connectivity index (χ0n) is 13.5. The summed E-state index contributed by atoms with van der Waals surface area (Å²) in [6, 6.07) is 2.45. The van der Waals surface area contributed by atoms with Gasteiger partial charge in [0, 0.05) is 30.4 Å². The maximum Gasteiger partial charge on any atom is 0.141 e. The van der Waals surface area contributed by atoms with E-state index in [0.29, 0.717) is 6.04 Å². The standard InChI is InChI=1S/C17H20N6S/c1-3-12(10-22-7-2-5-21-22)23(8-1)16-15-13-4-6-18-9-14(13)24-17(15)20-11-19-16/h2,5,7,11-12,18H,1,3-4,6,8-10H2/t12-/m0/s1. The maximum absolute atomic E-state index is 4.72. The van der Waals surface area contributed by atoms with Gasteiger partial charge in [0.05, 0.1) is 18.0 Å². The van der Waals surface area contributed by atoms with E-state index in [2.05, 4.69) is 20.3 Å². The molecule has 0 bridgehead atoms. The molecule has 0 unspecified atom stereocenters. The molecule has 6 nitrogen and oxygen atoms in total. The summed E-state index contributed by atoms with van der Waals surface area (Å²) in [6.07, 6.45) is 9.11. The van der Waals surface area contributed by atoms with Crippen LogP contribution in [0, 0.1) is 0 Å². The van der Waals surface area contributed by atoms with Gasteiger partial charge in [-0.15, -0.1) is 11.3 Å². The van der Waals surface area contributed by atoms with E-state index in [1.807, 2.05) is 34.5 Å². The second-order valence-electron chi connectivity index (χ2n) is 6.53. The summed E-state index contributed by atoms with van der Waals surface area (Å²) in [5.74, 6) is 1.13. The Kier molecular flexibility index (Phi) is 3.48. The van der Waals surface area contributed by atoms with E-state index in [1.54, 1.807) is 6.33 Å². The monoisotopic (exact) mass is 340 g/mol. The van der Waals surface area contributed by atoms with Gasteiger partial charge in [-0.1, -0.05) is 0 Å². The molecule has 0 aliphatic carbocycles. The number of aromatic nitrogens is 4. The van der Waals surface area contributed by atoms with Crippen molar-refractivity contribution < 1.29 is 0 Å². The predicted molar refractivity (Wildman–Crippen MR) is 95.4 cm³/mol. The molecule has 0 radical (unpaired) electrons. The number of anilines is 1. The first-order valence-corrected chi connectivity index (χ1v) is 9.42. The number of nitrogens with zero attached hydrogens (tertiary/aromatic N) is 5. The first-order valence-electron chi connectivity index (χ1n) is 8.60. The number of nitrogens with one attached hydrogen (secondary N) is 1. The van der Waals surface area contributed by atoms with Gasteiger partial charge in [-0.2, -0.15) is 5.10 Å². The molecule has 24 heavy (non-hydrogen) atoms. The van der Waals surface area contributed by atoms with Gasteiger partial charge in [0.2, 0.25) is 0 Å². The van der Waals surface area contributed by atoms with E-state index >= 15 is 0 Å². The van der Waals surface area contributed by atoms with Crippen LogP contribution in [0.2, 0.25) is 0 Å². The summed E-state index contributed by atoms with van der Waals surface area (Å²) in [6.45, 7) is 4.00. The van der Waals surface area contributed by atoms with Gasteiger partial charge in [0.15, 0.2) is 0 Å².